The van der Waals surface area contributed by atoms with Crippen molar-refractivity contribution in [3.05, 3.63) is 83.9 Å². The van der Waals surface area contributed by atoms with Crippen molar-refractivity contribution in [2.45, 2.75) is 64.2 Å². The second kappa shape index (κ2) is 15.8. The molecule has 0 aliphatic carbocycles. The molecule has 0 aliphatic heterocycles. The molecule has 1 nitrogen and oxygen atoms in total. The standard InChI is InChI=1S/C28H39N/c29-25-15-7-5-3-1-2-4-6-10-20-28(23-21-26-16-11-8-12-17-26)24-22-27-18-13-9-14-19-27/h8-9,11-14,16-19,21-24,28H,1-7,10,15,20,25,29H2. The molecule has 0 saturated heterocycles. The van der Waals surface area contributed by atoms with Crippen LogP contribution in [-0.4, -0.2) is 6.54 Å². The Bertz CT molecular complexity index is 622. The van der Waals surface area contributed by atoms with Crippen molar-refractivity contribution < 1.29 is 0 Å². The van der Waals surface area contributed by atoms with Crippen LogP contribution < -0.4 is 5.73 Å². The number of nitrogens with two attached hydrogens (primary N) is 1. The van der Waals surface area contributed by atoms with Crippen molar-refractivity contribution in [2.75, 3.05) is 6.54 Å². The van der Waals surface area contributed by atoms with Gasteiger partial charge < -0.3 is 5.73 Å². The van der Waals surface area contributed by atoms with Crippen LogP contribution in [0.5, 0.6) is 0 Å². The highest BCUT2D eigenvalue weighted by molar-refractivity contribution is 5.52. The largest absolute Gasteiger partial charge is 0.330 e. The van der Waals surface area contributed by atoms with E-state index in [1.165, 1.54) is 75.3 Å². The third-order valence-corrected chi connectivity index (χ3v) is 5.41. The first-order valence-electron chi connectivity index (χ1n) is 11.5. The minimum Gasteiger partial charge on any atom is -0.330 e. The van der Waals surface area contributed by atoms with Crippen LogP contribution in [0, 0.1) is 5.92 Å². The van der Waals surface area contributed by atoms with E-state index in [2.05, 4.69) is 85.0 Å². The third kappa shape index (κ3) is 11.5. The van der Waals surface area contributed by atoms with Gasteiger partial charge in [-0.3, -0.25) is 0 Å². The molecule has 0 saturated carbocycles. The molecule has 0 aromatic heterocycles. The number of unbranched alkanes of at least 4 members (excludes halogenated alkanes) is 8. The van der Waals surface area contributed by atoms with Crippen molar-refractivity contribution in [2.24, 2.45) is 11.7 Å². The minimum atomic E-state index is 0.492. The molecule has 2 rings (SSSR count). The van der Waals surface area contributed by atoms with Gasteiger partial charge in [0, 0.05) is 0 Å². The molecular weight excluding hydrogens is 350 g/mol. The van der Waals surface area contributed by atoms with Crippen molar-refractivity contribution in [3.8, 4) is 0 Å². The molecule has 2 N–H and O–H groups in total. The molecule has 0 atom stereocenters. The maximum absolute atomic E-state index is 5.55. The minimum absolute atomic E-state index is 0.492. The molecule has 0 spiro atoms. The fourth-order valence-electron chi connectivity index (χ4n) is 3.62. The zero-order valence-corrected chi connectivity index (χ0v) is 18.0. The van der Waals surface area contributed by atoms with Crippen LogP contribution in [-0.2, 0) is 0 Å². The van der Waals surface area contributed by atoms with E-state index in [0.29, 0.717) is 5.92 Å². The molecule has 29 heavy (non-hydrogen) atoms. The molecule has 1 heteroatoms. The average Bonchev–Trinajstić information content (AvgIpc) is 2.77. The summed E-state index contributed by atoms with van der Waals surface area (Å²) in [5.41, 5.74) is 8.10. The van der Waals surface area contributed by atoms with Gasteiger partial charge in [0.2, 0.25) is 0 Å². The van der Waals surface area contributed by atoms with Crippen LogP contribution in [0.25, 0.3) is 12.2 Å². The Morgan fingerprint density at radius 3 is 1.41 bits per heavy atom. The molecule has 2 aromatic rings. The normalized spacial score (nSPS) is 12.7. The Morgan fingerprint density at radius 2 is 0.966 bits per heavy atom. The second-order valence-electron chi connectivity index (χ2n) is 7.96. The van der Waals surface area contributed by atoms with Crippen molar-refractivity contribution in [1.82, 2.24) is 0 Å². The van der Waals surface area contributed by atoms with Gasteiger partial charge >= 0.3 is 0 Å². The van der Waals surface area contributed by atoms with Gasteiger partial charge in [0.05, 0.1) is 0 Å². The lowest BCUT2D eigenvalue weighted by molar-refractivity contribution is 0.541. The van der Waals surface area contributed by atoms with E-state index in [9.17, 15) is 0 Å². The lowest BCUT2D eigenvalue weighted by Gasteiger charge is -2.09. The molecule has 0 radical (unpaired) electrons. The van der Waals surface area contributed by atoms with Crippen LogP contribution in [0.2, 0.25) is 0 Å². The van der Waals surface area contributed by atoms with E-state index in [1.807, 2.05) is 0 Å². The summed E-state index contributed by atoms with van der Waals surface area (Å²) < 4.78 is 0. The Balaban J connectivity index is 1.73. The molecule has 156 valence electrons. The molecular formula is C28H39N. The second-order valence-corrected chi connectivity index (χ2v) is 7.96. The number of allylic oxidation sites excluding steroid dienone is 2. The van der Waals surface area contributed by atoms with Crippen molar-refractivity contribution >= 4 is 12.2 Å². The van der Waals surface area contributed by atoms with Gasteiger partial charge in [-0.1, -0.05) is 136 Å². The first-order chi connectivity index (χ1) is 14.4. The molecule has 0 aliphatic rings. The maximum atomic E-state index is 5.55. The van der Waals surface area contributed by atoms with Crippen molar-refractivity contribution in [3.63, 3.8) is 0 Å². The summed E-state index contributed by atoms with van der Waals surface area (Å²) in [6, 6.07) is 21.2. The summed E-state index contributed by atoms with van der Waals surface area (Å²) in [4.78, 5) is 0. The summed E-state index contributed by atoms with van der Waals surface area (Å²) in [6.45, 7) is 0.846. The molecule has 0 bridgehead atoms. The molecule has 0 unspecified atom stereocenters. The van der Waals surface area contributed by atoms with Gasteiger partial charge in [-0.25, -0.2) is 0 Å². The van der Waals surface area contributed by atoms with Crippen LogP contribution >= 0.6 is 0 Å². The van der Waals surface area contributed by atoms with Crippen LogP contribution in [0.1, 0.15) is 75.3 Å². The van der Waals surface area contributed by atoms with Gasteiger partial charge in [-0.2, -0.15) is 0 Å². The quantitative estimate of drug-likeness (QED) is 0.308. The Labute approximate surface area is 178 Å². The van der Waals surface area contributed by atoms with E-state index in [1.54, 1.807) is 0 Å². The van der Waals surface area contributed by atoms with Gasteiger partial charge in [0.15, 0.2) is 0 Å². The summed E-state index contributed by atoms with van der Waals surface area (Å²) in [5, 5.41) is 0. The highest BCUT2D eigenvalue weighted by atomic mass is 14.5. The smallest absolute Gasteiger partial charge is 0.00468 e. The number of rotatable bonds is 15. The van der Waals surface area contributed by atoms with Crippen LogP contribution in [0.15, 0.2) is 72.8 Å². The number of benzene rings is 2. The monoisotopic (exact) mass is 389 g/mol. The zero-order valence-electron chi connectivity index (χ0n) is 18.0. The topological polar surface area (TPSA) is 26.0 Å². The van der Waals surface area contributed by atoms with E-state index < -0.39 is 0 Å². The zero-order chi connectivity index (χ0) is 20.4. The van der Waals surface area contributed by atoms with Gasteiger partial charge in [0.1, 0.15) is 0 Å². The van der Waals surface area contributed by atoms with Gasteiger partial charge in [0.25, 0.3) is 0 Å². The summed E-state index contributed by atoms with van der Waals surface area (Å²) in [7, 11) is 0. The van der Waals surface area contributed by atoms with E-state index in [0.717, 1.165) is 6.54 Å². The fraction of sp³-hybridized carbons (Fsp3) is 0.429. The van der Waals surface area contributed by atoms with E-state index in [-0.39, 0.29) is 0 Å². The Morgan fingerprint density at radius 1 is 0.552 bits per heavy atom. The highest BCUT2D eigenvalue weighted by Gasteiger charge is 2.01. The third-order valence-electron chi connectivity index (χ3n) is 5.41. The van der Waals surface area contributed by atoms with Gasteiger partial charge in [-0.15, -0.1) is 0 Å². The first-order valence-corrected chi connectivity index (χ1v) is 11.5. The van der Waals surface area contributed by atoms with E-state index in [4.69, 9.17) is 5.73 Å². The molecule has 0 fully saturated rings. The predicted octanol–water partition coefficient (Wildman–Crippen LogP) is 7.89. The van der Waals surface area contributed by atoms with Crippen LogP contribution in [0.4, 0.5) is 0 Å². The van der Waals surface area contributed by atoms with Crippen molar-refractivity contribution in [1.29, 1.82) is 0 Å². The number of hydrogen-bond acceptors (Lipinski definition) is 1. The molecule has 2 aromatic carbocycles. The predicted molar refractivity (Wildman–Crippen MR) is 130 cm³/mol. The van der Waals surface area contributed by atoms with E-state index >= 15 is 0 Å². The molecule has 0 amide bonds. The van der Waals surface area contributed by atoms with Gasteiger partial charge in [-0.05, 0) is 36.4 Å². The lowest BCUT2D eigenvalue weighted by Crippen LogP contribution is -1.97. The fourth-order valence-corrected chi connectivity index (χ4v) is 3.62. The Kier molecular flexibility index (Phi) is 12.6. The van der Waals surface area contributed by atoms with Crippen LogP contribution in [0.3, 0.4) is 0 Å². The maximum Gasteiger partial charge on any atom is -0.00468 e. The summed E-state index contributed by atoms with van der Waals surface area (Å²) >= 11 is 0. The summed E-state index contributed by atoms with van der Waals surface area (Å²) in [5.74, 6) is 0.492. The first kappa shape index (κ1) is 23.2. The SMILES string of the molecule is NCCCCCCCCCCCC(C=Cc1ccccc1)C=Cc1ccccc1. The number of hydrogen-bond donors (Lipinski definition) is 1. The lowest BCUT2D eigenvalue weighted by atomic mass is 9.97. The Hall–Kier alpha value is -2.12. The highest BCUT2D eigenvalue weighted by Crippen LogP contribution is 2.18. The molecule has 0 heterocycles. The average molecular weight is 390 g/mol. The summed E-state index contributed by atoms with van der Waals surface area (Å²) in [6.07, 6.45) is 22.5.